The van der Waals surface area contributed by atoms with Gasteiger partial charge in [0.05, 0.1) is 17.9 Å². The summed E-state index contributed by atoms with van der Waals surface area (Å²) in [6.45, 7) is 6.28. The van der Waals surface area contributed by atoms with E-state index >= 15 is 0 Å². The maximum atomic E-state index is 13.9. The molecule has 2 aromatic rings. The largest absolute Gasteiger partial charge is 0.469 e. The standard InChI is InChI=1S/C25H34N4O4/c1-6-15(2)29-23(26-18-9-7-10-19-17(18)12-14-33-19)21(24(31)27(4)5)16(3)22(25(29)32)28-13-8-11-20(28)30/h12,14-15,18,26H,6-11,13H2,1-5H3. The molecular formula is C25H34N4O4. The Labute approximate surface area is 194 Å². The highest BCUT2D eigenvalue weighted by Crippen LogP contribution is 2.37. The fraction of sp³-hybridized carbons (Fsp3) is 0.560. The molecule has 2 amide bonds. The van der Waals surface area contributed by atoms with E-state index in [0.717, 1.165) is 30.6 Å². The van der Waals surface area contributed by atoms with Crippen LogP contribution in [0.4, 0.5) is 11.5 Å². The van der Waals surface area contributed by atoms with Crippen LogP contribution in [0.15, 0.2) is 21.5 Å². The molecule has 3 heterocycles. The van der Waals surface area contributed by atoms with Crippen molar-refractivity contribution in [3.8, 4) is 0 Å². The Morgan fingerprint density at radius 1 is 1.27 bits per heavy atom. The normalized spacial score (nSPS) is 18.9. The van der Waals surface area contributed by atoms with E-state index in [9.17, 15) is 14.4 Å². The van der Waals surface area contributed by atoms with E-state index in [1.807, 2.05) is 19.9 Å². The van der Waals surface area contributed by atoms with Gasteiger partial charge in [-0.25, -0.2) is 0 Å². The number of carbonyl (C=O) groups excluding carboxylic acids is 2. The second-order valence-electron chi connectivity index (χ2n) is 9.37. The maximum Gasteiger partial charge on any atom is 0.276 e. The third-order valence-electron chi connectivity index (χ3n) is 6.99. The molecule has 2 atom stereocenters. The third kappa shape index (κ3) is 3.96. The van der Waals surface area contributed by atoms with E-state index in [-0.39, 0.29) is 29.5 Å². The first-order valence-corrected chi connectivity index (χ1v) is 11.9. The summed E-state index contributed by atoms with van der Waals surface area (Å²) >= 11 is 0. The second kappa shape index (κ2) is 9.08. The van der Waals surface area contributed by atoms with E-state index in [1.165, 1.54) is 4.90 Å². The number of nitrogens with one attached hydrogen (secondary N) is 1. The van der Waals surface area contributed by atoms with Crippen molar-refractivity contribution in [1.82, 2.24) is 9.47 Å². The number of aromatic nitrogens is 1. The summed E-state index contributed by atoms with van der Waals surface area (Å²) in [6, 6.07) is 1.75. The van der Waals surface area contributed by atoms with Gasteiger partial charge in [-0.05, 0) is 51.2 Å². The number of amides is 2. The molecule has 0 radical (unpaired) electrons. The van der Waals surface area contributed by atoms with Crippen molar-refractivity contribution in [2.45, 2.75) is 71.4 Å². The van der Waals surface area contributed by atoms with Crippen molar-refractivity contribution in [1.29, 1.82) is 0 Å². The molecule has 1 saturated heterocycles. The Hall–Kier alpha value is -3.03. The summed E-state index contributed by atoms with van der Waals surface area (Å²) in [5.41, 5.74) is 2.19. The topological polar surface area (TPSA) is 87.8 Å². The zero-order valence-electron chi connectivity index (χ0n) is 20.2. The smallest absolute Gasteiger partial charge is 0.276 e. The molecule has 4 rings (SSSR count). The summed E-state index contributed by atoms with van der Waals surface area (Å²) < 4.78 is 7.35. The summed E-state index contributed by atoms with van der Waals surface area (Å²) in [5.74, 6) is 1.22. The highest BCUT2D eigenvalue weighted by atomic mass is 16.3. The molecule has 0 bridgehead atoms. The van der Waals surface area contributed by atoms with Crippen LogP contribution < -0.4 is 15.8 Å². The van der Waals surface area contributed by atoms with Crippen molar-refractivity contribution >= 4 is 23.3 Å². The monoisotopic (exact) mass is 454 g/mol. The molecule has 1 aliphatic heterocycles. The van der Waals surface area contributed by atoms with Gasteiger partial charge in [0.2, 0.25) is 5.91 Å². The van der Waals surface area contributed by atoms with E-state index in [2.05, 4.69) is 5.32 Å². The van der Waals surface area contributed by atoms with Gasteiger partial charge in [-0.15, -0.1) is 0 Å². The highest BCUT2D eigenvalue weighted by Gasteiger charge is 2.34. The van der Waals surface area contributed by atoms with Crippen LogP contribution in [-0.2, 0) is 11.2 Å². The predicted octanol–water partition coefficient (Wildman–Crippen LogP) is 4.04. The summed E-state index contributed by atoms with van der Waals surface area (Å²) in [4.78, 5) is 43.1. The molecule has 0 saturated carbocycles. The van der Waals surface area contributed by atoms with Crippen LogP contribution in [-0.4, -0.2) is 41.9 Å². The van der Waals surface area contributed by atoms with E-state index in [4.69, 9.17) is 4.42 Å². The Bertz CT molecular complexity index is 1130. The summed E-state index contributed by atoms with van der Waals surface area (Å²) in [7, 11) is 3.42. The van der Waals surface area contributed by atoms with E-state index in [0.29, 0.717) is 48.4 Å². The van der Waals surface area contributed by atoms with Gasteiger partial charge >= 0.3 is 0 Å². The van der Waals surface area contributed by atoms with Crippen LogP contribution in [0.1, 0.15) is 85.3 Å². The molecule has 8 heteroatoms. The Balaban J connectivity index is 1.97. The number of hydrogen-bond donors (Lipinski definition) is 1. The van der Waals surface area contributed by atoms with Crippen molar-refractivity contribution in [3.05, 3.63) is 45.1 Å². The molecule has 8 nitrogen and oxygen atoms in total. The number of hydrogen-bond acceptors (Lipinski definition) is 5. The molecule has 0 spiro atoms. The quantitative estimate of drug-likeness (QED) is 0.712. The van der Waals surface area contributed by atoms with E-state index < -0.39 is 0 Å². The molecule has 2 aromatic heterocycles. The van der Waals surface area contributed by atoms with Crippen LogP contribution in [0.3, 0.4) is 0 Å². The number of nitrogens with zero attached hydrogens (tertiary/aromatic N) is 3. The number of anilines is 2. The molecule has 2 aliphatic rings. The van der Waals surface area contributed by atoms with E-state index in [1.54, 1.807) is 36.7 Å². The first-order chi connectivity index (χ1) is 15.8. The Morgan fingerprint density at radius 3 is 2.67 bits per heavy atom. The number of aryl methyl sites for hydroxylation is 1. The SMILES string of the molecule is CCC(C)n1c(NC2CCCc3occc32)c(C(=O)N(C)C)c(C)c(N2CCCC2=O)c1=O. The first kappa shape index (κ1) is 23.1. The van der Waals surface area contributed by atoms with Crippen molar-refractivity contribution in [3.63, 3.8) is 0 Å². The number of rotatable bonds is 6. The summed E-state index contributed by atoms with van der Waals surface area (Å²) in [6.07, 6.45) is 6.27. The lowest BCUT2D eigenvalue weighted by atomic mass is 9.93. The summed E-state index contributed by atoms with van der Waals surface area (Å²) in [5, 5.41) is 3.57. The lowest BCUT2D eigenvalue weighted by Crippen LogP contribution is -2.39. The van der Waals surface area contributed by atoms with Crippen molar-refractivity contribution in [2.24, 2.45) is 0 Å². The average Bonchev–Trinajstić information content (AvgIpc) is 3.43. The molecule has 1 fully saturated rings. The molecule has 33 heavy (non-hydrogen) atoms. The zero-order valence-corrected chi connectivity index (χ0v) is 20.2. The minimum Gasteiger partial charge on any atom is -0.469 e. The van der Waals surface area contributed by atoms with Gasteiger partial charge in [0.25, 0.3) is 11.5 Å². The molecule has 178 valence electrons. The van der Waals surface area contributed by atoms with Crippen LogP contribution >= 0.6 is 0 Å². The fourth-order valence-corrected chi connectivity index (χ4v) is 5.03. The molecule has 1 aliphatic carbocycles. The van der Waals surface area contributed by atoms with Gasteiger partial charge in [0.15, 0.2) is 0 Å². The van der Waals surface area contributed by atoms with Crippen LogP contribution in [0, 0.1) is 6.92 Å². The minimum atomic E-state index is -0.224. The van der Waals surface area contributed by atoms with Gasteiger partial charge in [0, 0.05) is 45.1 Å². The zero-order chi connectivity index (χ0) is 23.9. The van der Waals surface area contributed by atoms with Crippen molar-refractivity contribution < 1.29 is 14.0 Å². The van der Waals surface area contributed by atoms with Gasteiger partial charge < -0.3 is 19.5 Å². The lowest BCUT2D eigenvalue weighted by Gasteiger charge is -2.32. The Kier molecular flexibility index (Phi) is 6.36. The van der Waals surface area contributed by atoms with Gasteiger partial charge in [-0.1, -0.05) is 6.92 Å². The molecular weight excluding hydrogens is 420 g/mol. The van der Waals surface area contributed by atoms with Gasteiger partial charge in [-0.2, -0.15) is 0 Å². The molecule has 2 unspecified atom stereocenters. The Morgan fingerprint density at radius 2 is 2.03 bits per heavy atom. The first-order valence-electron chi connectivity index (χ1n) is 11.9. The predicted molar refractivity (Wildman–Crippen MR) is 128 cm³/mol. The fourth-order valence-electron chi connectivity index (χ4n) is 5.03. The number of pyridine rings is 1. The number of furan rings is 1. The number of carbonyl (C=O) groups is 2. The van der Waals surface area contributed by atoms with Crippen LogP contribution in [0.25, 0.3) is 0 Å². The average molecular weight is 455 g/mol. The second-order valence-corrected chi connectivity index (χ2v) is 9.37. The van der Waals surface area contributed by atoms with Crippen molar-refractivity contribution in [2.75, 3.05) is 30.9 Å². The lowest BCUT2D eigenvalue weighted by molar-refractivity contribution is -0.117. The highest BCUT2D eigenvalue weighted by molar-refractivity contribution is 6.04. The number of fused-ring (bicyclic) bond motifs is 1. The minimum absolute atomic E-state index is 0.0606. The van der Waals surface area contributed by atoms with Gasteiger partial charge in [0.1, 0.15) is 17.3 Å². The van der Waals surface area contributed by atoms with Crippen LogP contribution in [0.2, 0.25) is 0 Å². The van der Waals surface area contributed by atoms with Crippen LogP contribution in [0.5, 0.6) is 0 Å². The maximum absolute atomic E-state index is 13.9. The van der Waals surface area contributed by atoms with Gasteiger partial charge in [-0.3, -0.25) is 19.0 Å². The third-order valence-corrected chi connectivity index (χ3v) is 6.99. The molecule has 1 N–H and O–H groups in total. The molecule has 0 aromatic carbocycles.